The fourth-order valence-corrected chi connectivity index (χ4v) is 1.91. The summed E-state index contributed by atoms with van der Waals surface area (Å²) in [5.41, 5.74) is 6.71. The van der Waals surface area contributed by atoms with Crippen LogP contribution in [-0.2, 0) is 0 Å². The summed E-state index contributed by atoms with van der Waals surface area (Å²) >= 11 is 0. The molecule has 0 saturated carbocycles. The smallest absolute Gasteiger partial charge is 0.257 e. The van der Waals surface area contributed by atoms with Crippen molar-refractivity contribution in [3.63, 3.8) is 0 Å². The zero-order chi connectivity index (χ0) is 14.4. The molecular formula is C15H24N2O2. The van der Waals surface area contributed by atoms with Gasteiger partial charge in [0.15, 0.2) is 0 Å². The standard InChI is InChI=1S/C15H24N2O2/c1-10(2)8-9-11(3)17-15(18)14-12(16)6-5-7-13(14)19-4/h5-7,10-11H,8-9,16H2,1-4H3,(H,17,18). The zero-order valence-corrected chi connectivity index (χ0v) is 12.2. The molecule has 0 aromatic heterocycles. The van der Waals surface area contributed by atoms with E-state index in [9.17, 15) is 4.79 Å². The Bertz CT molecular complexity index is 430. The average Bonchev–Trinajstić information content (AvgIpc) is 2.35. The molecule has 19 heavy (non-hydrogen) atoms. The number of nitrogen functional groups attached to an aromatic ring is 1. The Kier molecular flexibility index (Phi) is 5.67. The van der Waals surface area contributed by atoms with Crippen molar-refractivity contribution in [2.45, 2.75) is 39.7 Å². The number of hydrogen-bond donors (Lipinski definition) is 2. The molecule has 0 spiro atoms. The van der Waals surface area contributed by atoms with Gasteiger partial charge < -0.3 is 15.8 Å². The van der Waals surface area contributed by atoms with Crippen LogP contribution in [0.3, 0.4) is 0 Å². The highest BCUT2D eigenvalue weighted by Crippen LogP contribution is 2.24. The third kappa shape index (κ3) is 4.47. The van der Waals surface area contributed by atoms with Crippen molar-refractivity contribution in [3.05, 3.63) is 23.8 Å². The second-order valence-electron chi connectivity index (χ2n) is 5.27. The van der Waals surface area contributed by atoms with Crippen molar-refractivity contribution in [3.8, 4) is 5.75 Å². The molecule has 1 aromatic carbocycles. The lowest BCUT2D eigenvalue weighted by atomic mass is 10.0. The number of amides is 1. The fourth-order valence-electron chi connectivity index (χ4n) is 1.91. The quantitative estimate of drug-likeness (QED) is 0.776. The number of ether oxygens (including phenoxy) is 1. The topological polar surface area (TPSA) is 64.3 Å². The van der Waals surface area contributed by atoms with Crippen molar-refractivity contribution in [1.82, 2.24) is 5.32 Å². The van der Waals surface area contributed by atoms with Gasteiger partial charge in [0.1, 0.15) is 11.3 Å². The van der Waals surface area contributed by atoms with Crippen LogP contribution in [-0.4, -0.2) is 19.1 Å². The van der Waals surface area contributed by atoms with Gasteiger partial charge in [0.2, 0.25) is 0 Å². The van der Waals surface area contributed by atoms with E-state index in [1.807, 2.05) is 6.92 Å². The molecule has 0 aliphatic heterocycles. The Labute approximate surface area is 115 Å². The van der Waals surface area contributed by atoms with Gasteiger partial charge in [0, 0.05) is 11.7 Å². The van der Waals surface area contributed by atoms with Crippen molar-refractivity contribution in [2.24, 2.45) is 5.92 Å². The maximum Gasteiger partial charge on any atom is 0.257 e. The van der Waals surface area contributed by atoms with Gasteiger partial charge in [-0.2, -0.15) is 0 Å². The first-order valence-electron chi connectivity index (χ1n) is 6.69. The first-order valence-corrected chi connectivity index (χ1v) is 6.69. The maximum absolute atomic E-state index is 12.2. The zero-order valence-electron chi connectivity index (χ0n) is 12.2. The number of hydrogen-bond acceptors (Lipinski definition) is 3. The number of nitrogens with two attached hydrogens (primary N) is 1. The number of benzene rings is 1. The summed E-state index contributed by atoms with van der Waals surface area (Å²) in [7, 11) is 1.54. The first-order chi connectivity index (χ1) is 8.95. The minimum Gasteiger partial charge on any atom is -0.496 e. The van der Waals surface area contributed by atoms with Crippen LogP contribution in [0, 0.1) is 5.92 Å². The number of anilines is 1. The lowest BCUT2D eigenvalue weighted by Crippen LogP contribution is -2.33. The predicted octanol–water partition coefficient (Wildman–Crippen LogP) is 2.83. The van der Waals surface area contributed by atoms with Gasteiger partial charge >= 0.3 is 0 Å². The Hall–Kier alpha value is -1.71. The van der Waals surface area contributed by atoms with E-state index in [0.29, 0.717) is 22.9 Å². The number of nitrogens with one attached hydrogen (secondary N) is 1. The number of methoxy groups -OCH3 is 1. The van der Waals surface area contributed by atoms with E-state index in [-0.39, 0.29) is 11.9 Å². The molecule has 1 rings (SSSR count). The average molecular weight is 264 g/mol. The molecule has 4 heteroatoms. The van der Waals surface area contributed by atoms with Gasteiger partial charge in [-0.05, 0) is 37.8 Å². The second-order valence-corrected chi connectivity index (χ2v) is 5.27. The lowest BCUT2D eigenvalue weighted by molar-refractivity contribution is 0.0935. The molecular weight excluding hydrogens is 240 g/mol. The summed E-state index contributed by atoms with van der Waals surface area (Å²) < 4.78 is 5.19. The van der Waals surface area contributed by atoms with E-state index in [2.05, 4.69) is 19.2 Å². The summed E-state index contributed by atoms with van der Waals surface area (Å²) in [6.45, 7) is 6.35. The van der Waals surface area contributed by atoms with Crippen LogP contribution < -0.4 is 15.8 Å². The van der Waals surface area contributed by atoms with E-state index in [4.69, 9.17) is 10.5 Å². The summed E-state index contributed by atoms with van der Waals surface area (Å²) in [5, 5.41) is 2.97. The molecule has 0 heterocycles. The molecule has 1 amide bonds. The molecule has 0 radical (unpaired) electrons. The number of carbonyl (C=O) groups is 1. The molecule has 0 fully saturated rings. The first kappa shape index (κ1) is 15.3. The molecule has 0 bridgehead atoms. The Morgan fingerprint density at radius 1 is 1.32 bits per heavy atom. The van der Waals surface area contributed by atoms with Crippen LogP contribution in [0.25, 0.3) is 0 Å². The molecule has 1 atom stereocenters. The predicted molar refractivity (Wildman–Crippen MR) is 78.4 cm³/mol. The Balaban J connectivity index is 2.73. The van der Waals surface area contributed by atoms with Gasteiger partial charge in [-0.25, -0.2) is 0 Å². The molecule has 106 valence electrons. The van der Waals surface area contributed by atoms with Gasteiger partial charge in [-0.3, -0.25) is 4.79 Å². The van der Waals surface area contributed by atoms with Gasteiger partial charge in [-0.15, -0.1) is 0 Å². The van der Waals surface area contributed by atoms with Crippen molar-refractivity contribution in [1.29, 1.82) is 0 Å². The van der Waals surface area contributed by atoms with Crippen LogP contribution in [0.4, 0.5) is 5.69 Å². The second kappa shape index (κ2) is 7.02. The van der Waals surface area contributed by atoms with Crippen LogP contribution in [0.5, 0.6) is 5.75 Å². The van der Waals surface area contributed by atoms with Gasteiger partial charge in [0.05, 0.1) is 7.11 Å². The SMILES string of the molecule is COc1cccc(N)c1C(=O)NC(C)CCC(C)C. The van der Waals surface area contributed by atoms with Crippen molar-refractivity contribution < 1.29 is 9.53 Å². The summed E-state index contributed by atoms with van der Waals surface area (Å²) in [6.07, 6.45) is 2.04. The third-order valence-corrected chi connectivity index (χ3v) is 3.06. The largest absolute Gasteiger partial charge is 0.496 e. The molecule has 4 nitrogen and oxygen atoms in total. The molecule has 0 aliphatic rings. The van der Waals surface area contributed by atoms with E-state index in [1.54, 1.807) is 18.2 Å². The summed E-state index contributed by atoms with van der Waals surface area (Å²) in [5.74, 6) is 0.968. The van der Waals surface area contributed by atoms with E-state index >= 15 is 0 Å². The lowest BCUT2D eigenvalue weighted by Gasteiger charge is -2.17. The van der Waals surface area contributed by atoms with Crippen LogP contribution in [0.15, 0.2) is 18.2 Å². The summed E-state index contributed by atoms with van der Waals surface area (Å²) in [6, 6.07) is 5.34. The minimum absolute atomic E-state index is 0.124. The number of rotatable bonds is 6. The molecule has 0 saturated heterocycles. The fraction of sp³-hybridized carbons (Fsp3) is 0.533. The number of carbonyl (C=O) groups excluding carboxylic acids is 1. The molecule has 1 aromatic rings. The highest BCUT2D eigenvalue weighted by molar-refractivity contribution is 6.02. The van der Waals surface area contributed by atoms with E-state index < -0.39 is 0 Å². The molecule has 1 unspecified atom stereocenters. The summed E-state index contributed by atoms with van der Waals surface area (Å²) in [4.78, 5) is 12.2. The van der Waals surface area contributed by atoms with E-state index in [1.165, 1.54) is 7.11 Å². The van der Waals surface area contributed by atoms with Crippen molar-refractivity contribution >= 4 is 11.6 Å². The van der Waals surface area contributed by atoms with E-state index in [0.717, 1.165) is 12.8 Å². The highest BCUT2D eigenvalue weighted by atomic mass is 16.5. The van der Waals surface area contributed by atoms with Gasteiger partial charge in [-0.1, -0.05) is 19.9 Å². The molecule has 0 aliphatic carbocycles. The van der Waals surface area contributed by atoms with Crippen LogP contribution in [0.1, 0.15) is 44.0 Å². The highest BCUT2D eigenvalue weighted by Gasteiger charge is 2.17. The van der Waals surface area contributed by atoms with Gasteiger partial charge in [0.25, 0.3) is 5.91 Å². The normalized spacial score (nSPS) is 12.3. The third-order valence-electron chi connectivity index (χ3n) is 3.06. The van der Waals surface area contributed by atoms with Crippen LogP contribution in [0.2, 0.25) is 0 Å². The Morgan fingerprint density at radius 2 is 2.00 bits per heavy atom. The monoisotopic (exact) mass is 264 g/mol. The Morgan fingerprint density at radius 3 is 2.58 bits per heavy atom. The maximum atomic E-state index is 12.2. The van der Waals surface area contributed by atoms with Crippen LogP contribution >= 0.6 is 0 Å². The minimum atomic E-state index is -0.175. The van der Waals surface area contributed by atoms with Crippen molar-refractivity contribution in [2.75, 3.05) is 12.8 Å². The molecule has 3 N–H and O–H groups in total.